The first-order chi connectivity index (χ1) is 13.3. The van der Waals surface area contributed by atoms with Crippen molar-refractivity contribution >= 4 is 20.9 Å². The number of likely N-dealkylation sites (N-methyl/N-ethyl adjacent to an activating group) is 1. The second-order valence-electron chi connectivity index (χ2n) is 4.30. The van der Waals surface area contributed by atoms with Crippen LogP contribution in [0.4, 0.5) is 0 Å². The summed E-state index contributed by atoms with van der Waals surface area (Å²) in [4.78, 5) is 3.58. The average molecular weight is 305 g/mol. The van der Waals surface area contributed by atoms with Gasteiger partial charge < -0.3 is 9.88 Å². The second kappa shape index (κ2) is 5.95. The van der Waals surface area contributed by atoms with Crippen molar-refractivity contribution in [2.75, 3.05) is 27.6 Å². The minimum atomic E-state index is -4.52. The van der Waals surface area contributed by atoms with Crippen molar-refractivity contribution in [3.8, 4) is 0 Å². The fourth-order valence-electron chi connectivity index (χ4n) is 1.54. The minimum absolute atomic E-state index is 0.122. The molecule has 20 heavy (non-hydrogen) atoms. The lowest BCUT2D eigenvalue weighted by molar-refractivity contribution is 0.414. The molecular weight excluding hydrogens is 274 g/mol. The molecule has 6 heteroatoms. The summed E-state index contributed by atoms with van der Waals surface area (Å²) in [6.45, 7) is -5.57. The summed E-state index contributed by atoms with van der Waals surface area (Å²) in [5, 5.41) is -0.245. The SMILES string of the molecule is [2H]c1c(CS(=O)(=O)NC([2H])([2H])[2H])c([2H])c2c(C([2H])([2H])C([2H])([2H])N(C)C)c[nH]c2c1[2H]. The number of aromatic nitrogens is 1. The van der Waals surface area contributed by atoms with Crippen LogP contribution in [0, 0.1) is 0 Å². The first-order valence-corrected chi connectivity index (χ1v) is 7.28. The van der Waals surface area contributed by atoms with Gasteiger partial charge >= 0.3 is 0 Å². The molecule has 0 aliphatic carbocycles. The van der Waals surface area contributed by atoms with Crippen molar-refractivity contribution in [1.82, 2.24) is 14.6 Å². The molecule has 0 bridgehead atoms. The van der Waals surface area contributed by atoms with Gasteiger partial charge in [-0.05, 0) is 50.7 Å². The average Bonchev–Trinajstić information content (AvgIpc) is 3.00. The molecule has 0 aliphatic rings. The van der Waals surface area contributed by atoms with Crippen molar-refractivity contribution in [3.05, 3.63) is 35.5 Å². The molecule has 2 rings (SSSR count). The van der Waals surface area contributed by atoms with Gasteiger partial charge in [-0.25, -0.2) is 13.1 Å². The van der Waals surface area contributed by atoms with Crippen LogP contribution < -0.4 is 4.72 Å². The summed E-state index contributed by atoms with van der Waals surface area (Å²) in [5.41, 5.74) is -0.938. The second-order valence-corrected chi connectivity index (χ2v) is 6.02. The van der Waals surface area contributed by atoms with Crippen molar-refractivity contribution in [3.63, 3.8) is 0 Å². The lowest BCUT2D eigenvalue weighted by Gasteiger charge is -2.08. The molecule has 0 saturated heterocycles. The molecule has 0 unspecified atom stereocenters. The van der Waals surface area contributed by atoms with E-state index < -0.39 is 59.3 Å². The van der Waals surface area contributed by atoms with Crippen LogP contribution in [0.25, 0.3) is 10.9 Å². The van der Waals surface area contributed by atoms with Crippen LogP contribution in [-0.4, -0.2) is 45.9 Å². The zero-order chi connectivity index (χ0) is 23.4. The number of nitrogens with one attached hydrogen (secondary N) is 2. The number of aromatic amines is 1. The highest BCUT2D eigenvalue weighted by Crippen LogP contribution is 2.21. The molecule has 0 saturated carbocycles. The van der Waals surface area contributed by atoms with Gasteiger partial charge in [0.2, 0.25) is 10.0 Å². The maximum atomic E-state index is 12.2. The minimum Gasteiger partial charge on any atom is -0.361 e. The van der Waals surface area contributed by atoms with Crippen molar-refractivity contribution in [2.24, 2.45) is 0 Å². The standard InChI is InChI=1S/C14H21N3O2S/c1-15-20(18,19)10-11-4-5-14-13(8-11)12(9-16-14)6-7-17(2)3/h4-5,8-9,15-16H,6-7,10H2,1-3H3/i1D3,4D,5D,6D2,7D2,8D. The lowest BCUT2D eigenvalue weighted by atomic mass is 10.1. The molecule has 0 spiro atoms. The molecule has 0 aliphatic heterocycles. The molecule has 0 amide bonds. The van der Waals surface area contributed by atoms with E-state index in [9.17, 15) is 8.42 Å². The Morgan fingerprint density at radius 1 is 1.50 bits per heavy atom. The predicted octanol–water partition coefficient (Wildman–Crippen LogP) is 1.32. The third-order valence-electron chi connectivity index (χ3n) is 2.40. The molecule has 1 aromatic heterocycles. The molecule has 0 atom stereocenters. The van der Waals surface area contributed by atoms with E-state index in [2.05, 4.69) is 4.98 Å². The van der Waals surface area contributed by atoms with E-state index in [1.54, 1.807) is 0 Å². The summed E-state index contributed by atoms with van der Waals surface area (Å²) >= 11 is 0. The van der Waals surface area contributed by atoms with E-state index in [1.807, 2.05) is 0 Å². The molecule has 0 radical (unpaired) electrons. The Morgan fingerprint density at radius 2 is 2.30 bits per heavy atom. The largest absolute Gasteiger partial charge is 0.361 e. The monoisotopic (exact) mass is 305 g/mol. The van der Waals surface area contributed by atoms with Gasteiger partial charge in [0.25, 0.3) is 0 Å². The highest BCUT2D eigenvalue weighted by Gasteiger charge is 2.11. The van der Waals surface area contributed by atoms with E-state index >= 15 is 0 Å². The molecule has 1 aromatic carbocycles. The van der Waals surface area contributed by atoms with E-state index in [1.165, 1.54) is 18.8 Å². The Morgan fingerprint density at radius 3 is 3.00 bits per heavy atom. The number of hydrogen-bond donors (Lipinski definition) is 2. The predicted molar refractivity (Wildman–Crippen MR) is 82.2 cm³/mol. The van der Waals surface area contributed by atoms with Crippen molar-refractivity contribution < 1.29 is 22.1 Å². The summed E-state index contributed by atoms with van der Waals surface area (Å²) in [5.74, 6) is -1.08. The van der Waals surface area contributed by atoms with Gasteiger partial charge in [0.15, 0.2) is 0 Å². The van der Waals surface area contributed by atoms with Crippen LogP contribution in [0.2, 0.25) is 0 Å². The third-order valence-corrected chi connectivity index (χ3v) is 3.38. The Hall–Kier alpha value is -1.37. The third kappa shape index (κ3) is 3.59. The van der Waals surface area contributed by atoms with Crippen LogP contribution in [0.1, 0.15) is 24.8 Å². The number of nitrogens with zero attached hydrogens (tertiary/aromatic N) is 1. The molecule has 0 fully saturated rings. The first-order valence-electron chi connectivity index (χ1n) is 10.6. The van der Waals surface area contributed by atoms with Gasteiger partial charge in [0.05, 0.1) is 9.87 Å². The Balaban J connectivity index is 2.77. The van der Waals surface area contributed by atoms with Crippen LogP contribution in [-0.2, 0) is 22.1 Å². The maximum absolute atomic E-state index is 12.2. The van der Waals surface area contributed by atoms with Crippen molar-refractivity contribution in [2.45, 2.75) is 12.1 Å². The fraction of sp³-hybridized carbons (Fsp3) is 0.429. The Kier molecular flexibility index (Phi) is 1.96. The van der Waals surface area contributed by atoms with Crippen LogP contribution >= 0.6 is 0 Å². The van der Waals surface area contributed by atoms with E-state index in [-0.39, 0.29) is 16.5 Å². The molecule has 110 valence electrons. The van der Waals surface area contributed by atoms with Gasteiger partial charge in [0.1, 0.15) is 0 Å². The summed E-state index contributed by atoms with van der Waals surface area (Å²) in [7, 11) is -1.87. The maximum Gasteiger partial charge on any atom is 0.215 e. The van der Waals surface area contributed by atoms with E-state index in [0.717, 1.165) is 11.1 Å². The van der Waals surface area contributed by atoms with Gasteiger partial charge in [0, 0.05) is 33.2 Å². The van der Waals surface area contributed by atoms with Gasteiger partial charge in [-0.1, -0.05) is 6.04 Å². The van der Waals surface area contributed by atoms with Gasteiger partial charge in [-0.15, -0.1) is 0 Å². The summed E-state index contributed by atoms with van der Waals surface area (Å²) in [6.07, 6.45) is -1.60. The highest BCUT2D eigenvalue weighted by molar-refractivity contribution is 7.88. The number of benzene rings is 1. The van der Waals surface area contributed by atoms with E-state index in [0.29, 0.717) is 0 Å². The smallest absolute Gasteiger partial charge is 0.215 e. The van der Waals surface area contributed by atoms with Crippen LogP contribution in [0.15, 0.2) is 24.3 Å². The van der Waals surface area contributed by atoms with Crippen LogP contribution in [0.3, 0.4) is 0 Å². The molecule has 1 heterocycles. The number of sulfonamides is 1. The first kappa shape index (κ1) is 6.60. The number of H-pyrrole nitrogens is 1. The highest BCUT2D eigenvalue weighted by atomic mass is 32.2. The summed E-state index contributed by atoms with van der Waals surface area (Å²) < 4.78 is 104. The number of fused-ring (bicyclic) bond motifs is 1. The molecule has 5 nitrogen and oxygen atoms in total. The number of rotatable bonds is 6. The normalized spacial score (nSPS) is 21.8. The number of aryl methyl sites for hydroxylation is 1. The van der Waals surface area contributed by atoms with Gasteiger partial charge in [-0.2, -0.15) is 0 Å². The zero-order valence-electron chi connectivity index (χ0n) is 21.0. The zero-order valence-corrected chi connectivity index (χ0v) is 11.8. The lowest BCUT2D eigenvalue weighted by Crippen LogP contribution is -2.20. The van der Waals surface area contributed by atoms with Gasteiger partial charge in [-0.3, -0.25) is 0 Å². The quantitative estimate of drug-likeness (QED) is 0.846. The summed E-state index contributed by atoms with van der Waals surface area (Å²) in [6, 6.07) is -1.75. The topological polar surface area (TPSA) is 65.2 Å². The molecule has 2 aromatic rings. The van der Waals surface area contributed by atoms with Crippen molar-refractivity contribution in [1.29, 1.82) is 0 Å². The Bertz CT molecular complexity index is 1080. The van der Waals surface area contributed by atoms with E-state index in [4.69, 9.17) is 13.7 Å². The Labute approximate surface area is 134 Å². The number of hydrogen-bond acceptors (Lipinski definition) is 3. The molecular formula is C14H21N3O2S. The fourth-order valence-corrected chi connectivity index (χ4v) is 2.14. The van der Waals surface area contributed by atoms with Crippen LogP contribution in [0.5, 0.6) is 0 Å². The molecule has 2 N–H and O–H groups in total.